The van der Waals surface area contributed by atoms with Crippen molar-refractivity contribution in [1.29, 1.82) is 0 Å². The van der Waals surface area contributed by atoms with Crippen LogP contribution in [0.15, 0.2) is 24.3 Å². The summed E-state index contributed by atoms with van der Waals surface area (Å²) in [7, 11) is 0. The molecule has 1 heterocycles. The van der Waals surface area contributed by atoms with Gasteiger partial charge in [0.05, 0.1) is 12.6 Å². The van der Waals surface area contributed by atoms with Crippen LogP contribution in [0.25, 0.3) is 0 Å². The lowest BCUT2D eigenvalue weighted by atomic mass is 10.1. The minimum absolute atomic E-state index is 0.0622. The van der Waals surface area contributed by atoms with Gasteiger partial charge in [0.1, 0.15) is 0 Å². The Morgan fingerprint density at radius 2 is 2.25 bits per heavy atom. The van der Waals surface area contributed by atoms with E-state index in [-0.39, 0.29) is 11.9 Å². The average molecular weight is 294 g/mol. The standard InChI is InChI=1S/C15H22N2O2S/c1-2-19-10-13-6-4-3-5-12(13)9-17-15(18)14-11-20-8-7-16-14/h3-6,14,16H,2,7-11H2,1H3,(H,17,18). The van der Waals surface area contributed by atoms with E-state index >= 15 is 0 Å². The van der Waals surface area contributed by atoms with Gasteiger partial charge in [-0.1, -0.05) is 24.3 Å². The summed E-state index contributed by atoms with van der Waals surface area (Å²) in [6.45, 7) is 4.75. The third kappa shape index (κ3) is 4.51. The zero-order chi connectivity index (χ0) is 14.2. The molecule has 2 N–H and O–H groups in total. The van der Waals surface area contributed by atoms with Crippen LogP contribution in [0.5, 0.6) is 0 Å². The Kier molecular flexibility index (Phi) is 6.36. The topological polar surface area (TPSA) is 50.4 Å². The Hall–Kier alpha value is -1.04. The van der Waals surface area contributed by atoms with Crippen LogP contribution in [0.1, 0.15) is 18.1 Å². The summed E-state index contributed by atoms with van der Waals surface area (Å²) >= 11 is 1.82. The number of ether oxygens (including phenoxy) is 1. The molecule has 1 aromatic rings. The molecule has 0 saturated carbocycles. The highest BCUT2D eigenvalue weighted by molar-refractivity contribution is 7.99. The summed E-state index contributed by atoms with van der Waals surface area (Å²) in [4.78, 5) is 12.1. The fraction of sp³-hybridized carbons (Fsp3) is 0.533. The van der Waals surface area contributed by atoms with Crippen LogP contribution in [0.2, 0.25) is 0 Å². The van der Waals surface area contributed by atoms with E-state index in [4.69, 9.17) is 4.74 Å². The first kappa shape index (κ1) is 15.4. The van der Waals surface area contributed by atoms with Gasteiger partial charge in [-0.2, -0.15) is 11.8 Å². The molecule has 110 valence electrons. The van der Waals surface area contributed by atoms with E-state index in [1.54, 1.807) is 0 Å². The van der Waals surface area contributed by atoms with E-state index in [1.807, 2.05) is 43.0 Å². The highest BCUT2D eigenvalue weighted by atomic mass is 32.2. The van der Waals surface area contributed by atoms with Crippen LogP contribution in [-0.4, -0.2) is 36.6 Å². The van der Waals surface area contributed by atoms with Crippen molar-refractivity contribution in [2.75, 3.05) is 24.7 Å². The minimum atomic E-state index is -0.0622. The minimum Gasteiger partial charge on any atom is -0.377 e. The zero-order valence-electron chi connectivity index (χ0n) is 11.9. The summed E-state index contributed by atoms with van der Waals surface area (Å²) in [5.41, 5.74) is 2.26. The predicted octanol–water partition coefficient (Wildman–Crippen LogP) is 1.54. The van der Waals surface area contributed by atoms with E-state index in [2.05, 4.69) is 10.6 Å². The number of thioether (sulfide) groups is 1. The van der Waals surface area contributed by atoms with E-state index < -0.39 is 0 Å². The van der Waals surface area contributed by atoms with E-state index in [1.165, 1.54) is 0 Å². The SMILES string of the molecule is CCOCc1ccccc1CNC(=O)C1CSCCN1. The second-order valence-corrected chi connectivity index (χ2v) is 5.86. The Morgan fingerprint density at radius 3 is 2.95 bits per heavy atom. The number of rotatable bonds is 6. The van der Waals surface area contributed by atoms with E-state index in [0.29, 0.717) is 19.8 Å². The number of hydrogen-bond donors (Lipinski definition) is 2. The van der Waals surface area contributed by atoms with Gasteiger partial charge in [0.2, 0.25) is 5.91 Å². The Balaban J connectivity index is 1.87. The lowest BCUT2D eigenvalue weighted by Crippen LogP contribution is -2.48. The summed E-state index contributed by atoms with van der Waals surface area (Å²) < 4.78 is 5.45. The number of hydrogen-bond acceptors (Lipinski definition) is 4. The molecular weight excluding hydrogens is 272 g/mol. The van der Waals surface area contributed by atoms with Gasteiger partial charge >= 0.3 is 0 Å². The lowest BCUT2D eigenvalue weighted by Gasteiger charge is -2.22. The van der Waals surface area contributed by atoms with Gasteiger partial charge in [0.25, 0.3) is 0 Å². The third-order valence-corrected chi connectivity index (χ3v) is 4.33. The molecule has 0 radical (unpaired) electrons. The van der Waals surface area contributed by atoms with Crippen LogP contribution in [0, 0.1) is 0 Å². The molecule has 0 aromatic heterocycles. The van der Waals surface area contributed by atoms with Crippen molar-refractivity contribution in [1.82, 2.24) is 10.6 Å². The lowest BCUT2D eigenvalue weighted by molar-refractivity contribution is -0.122. The first-order chi connectivity index (χ1) is 9.81. The maximum Gasteiger partial charge on any atom is 0.238 e. The quantitative estimate of drug-likeness (QED) is 0.836. The molecule has 1 saturated heterocycles. The zero-order valence-corrected chi connectivity index (χ0v) is 12.7. The van der Waals surface area contributed by atoms with Crippen LogP contribution < -0.4 is 10.6 Å². The molecule has 2 rings (SSSR count). The van der Waals surface area contributed by atoms with E-state index in [0.717, 1.165) is 29.2 Å². The predicted molar refractivity (Wildman–Crippen MR) is 82.7 cm³/mol. The van der Waals surface area contributed by atoms with Crippen LogP contribution in [0.4, 0.5) is 0 Å². The molecule has 4 nitrogen and oxygen atoms in total. The summed E-state index contributed by atoms with van der Waals surface area (Å²) in [6.07, 6.45) is 0. The van der Waals surface area contributed by atoms with Gasteiger partial charge < -0.3 is 15.4 Å². The van der Waals surface area contributed by atoms with Gasteiger partial charge in [-0.3, -0.25) is 4.79 Å². The number of nitrogens with one attached hydrogen (secondary N) is 2. The largest absolute Gasteiger partial charge is 0.377 e. The number of benzene rings is 1. The number of carbonyl (C=O) groups is 1. The van der Waals surface area contributed by atoms with Gasteiger partial charge in [-0.25, -0.2) is 0 Å². The van der Waals surface area contributed by atoms with Crippen molar-refractivity contribution in [2.45, 2.75) is 26.1 Å². The smallest absolute Gasteiger partial charge is 0.238 e. The highest BCUT2D eigenvalue weighted by Gasteiger charge is 2.20. The molecule has 1 aliphatic rings. The van der Waals surface area contributed by atoms with Crippen LogP contribution in [0.3, 0.4) is 0 Å². The van der Waals surface area contributed by atoms with E-state index in [9.17, 15) is 4.79 Å². The van der Waals surface area contributed by atoms with Gasteiger partial charge in [0.15, 0.2) is 0 Å². The maximum atomic E-state index is 12.1. The highest BCUT2D eigenvalue weighted by Crippen LogP contribution is 2.11. The number of carbonyl (C=O) groups excluding carboxylic acids is 1. The van der Waals surface area contributed by atoms with Crippen molar-refractivity contribution in [3.63, 3.8) is 0 Å². The van der Waals surface area contributed by atoms with Crippen molar-refractivity contribution in [2.24, 2.45) is 0 Å². The fourth-order valence-corrected chi connectivity index (χ4v) is 3.06. The molecule has 1 atom stereocenters. The molecule has 5 heteroatoms. The molecule has 0 bridgehead atoms. The van der Waals surface area contributed by atoms with Gasteiger partial charge in [-0.15, -0.1) is 0 Å². The van der Waals surface area contributed by atoms with Gasteiger partial charge in [-0.05, 0) is 18.1 Å². The van der Waals surface area contributed by atoms with Crippen LogP contribution >= 0.6 is 11.8 Å². The molecule has 20 heavy (non-hydrogen) atoms. The fourth-order valence-electron chi connectivity index (χ4n) is 2.12. The maximum absolute atomic E-state index is 12.1. The summed E-state index contributed by atoms with van der Waals surface area (Å²) in [6, 6.07) is 8.02. The monoisotopic (exact) mass is 294 g/mol. The van der Waals surface area contributed by atoms with Crippen molar-refractivity contribution < 1.29 is 9.53 Å². The summed E-state index contributed by atoms with van der Waals surface area (Å²) in [5, 5.41) is 6.26. The Labute approximate surface area is 124 Å². The molecule has 1 unspecified atom stereocenters. The van der Waals surface area contributed by atoms with Crippen LogP contribution in [-0.2, 0) is 22.7 Å². The normalized spacial score (nSPS) is 18.8. The number of amides is 1. The molecule has 1 aliphatic heterocycles. The van der Waals surface area contributed by atoms with Crippen molar-refractivity contribution in [3.8, 4) is 0 Å². The Morgan fingerprint density at radius 1 is 1.45 bits per heavy atom. The third-order valence-electron chi connectivity index (χ3n) is 3.27. The van der Waals surface area contributed by atoms with Crippen molar-refractivity contribution >= 4 is 17.7 Å². The molecule has 0 spiro atoms. The first-order valence-electron chi connectivity index (χ1n) is 7.04. The molecule has 1 fully saturated rings. The molecule has 1 amide bonds. The Bertz CT molecular complexity index is 434. The second kappa shape index (κ2) is 8.29. The summed E-state index contributed by atoms with van der Waals surface area (Å²) in [5.74, 6) is 2.02. The second-order valence-electron chi connectivity index (χ2n) is 4.71. The molecule has 1 aromatic carbocycles. The van der Waals surface area contributed by atoms with Gasteiger partial charge in [0, 0.05) is 31.2 Å². The average Bonchev–Trinajstić information content (AvgIpc) is 2.52. The molecular formula is C15H22N2O2S. The first-order valence-corrected chi connectivity index (χ1v) is 8.20. The molecule has 0 aliphatic carbocycles. The van der Waals surface area contributed by atoms with Crippen molar-refractivity contribution in [3.05, 3.63) is 35.4 Å².